The summed E-state index contributed by atoms with van der Waals surface area (Å²) < 4.78 is 0. The summed E-state index contributed by atoms with van der Waals surface area (Å²) >= 11 is 1.66. The summed E-state index contributed by atoms with van der Waals surface area (Å²) in [5.74, 6) is 0.292. The Morgan fingerprint density at radius 2 is 2.12 bits per heavy atom. The zero-order valence-electron chi connectivity index (χ0n) is 14.3. The average Bonchev–Trinajstić information content (AvgIpc) is 2.96. The SMILES string of the molecule is Cc1ccccc1C(=O)N1CC[C@]2(C[C@H]2C(=O)NCc2cccs2)C1. The standard InChI is InChI=1S/C20H22N2O2S/c1-14-5-2-3-7-16(14)19(24)22-9-8-20(13-22)11-17(20)18(23)21-12-15-6-4-10-25-15/h2-7,10,17H,8-9,11-13H2,1H3,(H,21,23)/t17-,20-/m0/s1. The molecule has 1 aromatic carbocycles. The topological polar surface area (TPSA) is 49.4 Å². The molecule has 1 saturated heterocycles. The molecule has 1 spiro atoms. The number of benzene rings is 1. The van der Waals surface area contributed by atoms with Crippen LogP contribution in [0.25, 0.3) is 0 Å². The molecule has 2 amide bonds. The summed E-state index contributed by atoms with van der Waals surface area (Å²) in [4.78, 5) is 28.3. The minimum absolute atomic E-state index is 0.0118. The lowest BCUT2D eigenvalue weighted by Crippen LogP contribution is -2.31. The maximum absolute atomic E-state index is 12.8. The van der Waals surface area contributed by atoms with Crippen LogP contribution in [0.2, 0.25) is 0 Å². The van der Waals surface area contributed by atoms with Crippen molar-refractivity contribution in [1.29, 1.82) is 0 Å². The third kappa shape index (κ3) is 3.09. The average molecular weight is 354 g/mol. The van der Waals surface area contributed by atoms with Crippen LogP contribution in [0.3, 0.4) is 0 Å². The normalized spacial score (nSPS) is 24.5. The molecule has 1 aliphatic heterocycles. The molecule has 5 heteroatoms. The fraction of sp³-hybridized carbons (Fsp3) is 0.400. The van der Waals surface area contributed by atoms with E-state index in [4.69, 9.17) is 0 Å². The third-order valence-corrected chi connectivity index (χ3v) is 6.45. The predicted octanol–water partition coefficient (Wildman–Crippen LogP) is 3.23. The van der Waals surface area contributed by atoms with Gasteiger partial charge < -0.3 is 10.2 Å². The molecule has 1 aliphatic carbocycles. The van der Waals surface area contributed by atoms with Crippen molar-refractivity contribution >= 4 is 23.2 Å². The van der Waals surface area contributed by atoms with E-state index < -0.39 is 0 Å². The lowest BCUT2D eigenvalue weighted by molar-refractivity contribution is -0.123. The molecule has 130 valence electrons. The molecule has 4 rings (SSSR count). The van der Waals surface area contributed by atoms with Crippen LogP contribution >= 0.6 is 11.3 Å². The molecular formula is C20H22N2O2S. The molecule has 0 bridgehead atoms. The van der Waals surface area contributed by atoms with E-state index in [0.717, 1.165) is 30.5 Å². The first-order chi connectivity index (χ1) is 12.1. The van der Waals surface area contributed by atoms with Crippen molar-refractivity contribution in [2.75, 3.05) is 13.1 Å². The Morgan fingerprint density at radius 3 is 2.88 bits per heavy atom. The van der Waals surface area contributed by atoms with E-state index >= 15 is 0 Å². The number of thiophene rings is 1. The summed E-state index contributed by atoms with van der Waals surface area (Å²) in [5.41, 5.74) is 1.80. The van der Waals surface area contributed by atoms with Gasteiger partial charge in [0.2, 0.25) is 5.91 Å². The van der Waals surface area contributed by atoms with Crippen molar-refractivity contribution in [3.63, 3.8) is 0 Å². The van der Waals surface area contributed by atoms with Crippen molar-refractivity contribution in [2.24, 2.45) is 11.3 Å². The molecule has 2 heterocycles. The van der Waals surface area contributed by atoms with Gasteiger partial charge in [0.25, 0.3) is 5.91 Å². The molecule has 1 aromatic heterocycles. The lowest BCUT2D eigenvalue weighted by atomic mass is 10.0. The fourth-order valence-corrected chi connectivity index (χ4v) is 4.58. The number of likely N-dealkylation sites (tertiary alicyclic amines) is 1. The van der Waals surface area contributed by atoms with Gasteiger partial charge in [0, 0.05) is 34.9 Å². The van der Waals surface area contributed by atoms with E-state index in [1.807, 2.05) is 53.6 Å². The van der Waals surface area contributed by atoms with Crippen LogP contribution in [-0.2, 0) is 11.3 Å². The summed E-state index contributed by atoms with van der Waals surface area (Å²) in [6.45, 7) is 4.03. The molecule has 4 nitrogen and oxygen atoms in total. The second-order valence-corrected chi connectivity index (χ2v) is 8.24. The van der Waals surface area contributed by atoms with Crippen LogP contribution in [-0.4, -0.2) is 29.8 Å². The summed E-state index contributed by atoms with van der Waals surface area (Å²) in [7, 11) is 0. The van der Waals surface area contributed by atoms with Gasteiger partial charge in [-0.2, -0.15) is 0 Å². The van der Waals surface area contributed by atoms with Crippen LogP contribution in [0.1, 0.15) is 33.6 Å². The second kappa shape index (κ2) is 6.30. The second-order valence-electron chi connectivity index (χ2n) is 7.21. The van der Waals surface area contributed by atoms with Gasteiger partial charge in [-0.3, -0.25) is 9.59 Å². The van der Waals surface area contributed by atoms with Gasteiger partial charge >= 0.3 is 0 Å². The number of nitrogens with zero attached hydrogens (tertiary/aromatic N) is 1. The number of aryl methyl sites for hydroxylation is 1. The molecule has 2 atom stereocenters. The van der Waals surface area contributed by atoms with Gasteiger partial charge in [0.05, 0.1) is 6.54 Å². The highest BCUT2D eigenvalue weighted by molar-refractivity contribution is 7.09. The van der Waals surface area contributed by atoms with E-state index in [1.165, 1.54) is 4.88 Å². The maximum atomic E-state index is 12.8. The number of hydrogen-bond donors (Lipinski definition) is 1. The Morgan fingerprint density at radius 1 is 1.28 bits per heavy atom. The van der Waals surface area contributed by atoms with Gasteiger partial charge in [0.1, 0.15) is 0 Å². The Balaban J connectivity index is 1.36. The molecule has 1 saturated carbocycles. The quantitative estimate of drug-likeness (QED) is 0.916. The number of rotatable bonds is 4. The van der Waals surface area contributed by atoms with Gasteiger partial charge in [-0.1, -0.05) is 24.3 Å². The molecule has 0 radical (unpaired) electrons. The third-order valence-electron chi connectivity index (χ3n) is 5.57. The van der Waals surface area contributed by atoms with Crippen molar-refractivity contribution in [1.82, 2.24) is 10.2 Å². The molecule has 2 fully saturated rings. The minimum Gasteiger partial charge on any atom is -0.351 e. The Bertz CT molecular complexity index is 802. The van der Waals surface area contributed by atoms with Gasteiger partial charge in [0.15, 0.2) is 0 Å². The summed E-state index contributed by atoms with van der Waals surface area (Å²) in [5, 5.41) is 5.07. The summed E-state index contributed by atoms with van der Waals surface area (Å²) in [6.07, 6.45) is 1.84. The smallest absolute Gasteiger partial charge is 0.254 e. The molecule has 1 N–H and O–H groups in total. The lowest BCUT2D eigenvalue weighted by Gasteiger charge is -2.18. The zero-order valence-corrected chi connectivity index (χ0v) is 15.1. The highest BCUT2D eigenvalue weighted by Gasteiger charge is 2.61. The van der Waals surface area contributed by atoms with Crippen LogP contribution in [0.15, 0.2) is 41.8 Å². The van der Waals surface area contributed by atoms with Gasteiger partial charge in [-0.05, 0) is 42.8 Å². The molecular weight excluding hydrogens is 332 g/mol. The maximum Gasteiger partial charge on any atom is 0.254 e. The number of carbonyl (C=O) groups excluding carboxylic acids is 2. The molecule has 25 heavy (non-hydrogen) atoms. The van der Waals surface area contributed by atoms with E-state index in [2.05, 4.69) is 5.32 Å². The van der Waals surface area contributed by atoms with Crippen LogP contribution in [0.5, 0.6) is 0 Å². The first-order valence-electron chi connectivity index (χ1n) is 8.74. The van der Waals surface area contributed by atoms with Crippen LogP contribution < -0.4 is 5.32 Å². The first-order valence-corrected chi connectivity index (χ1v) is 9.62. The Hall–Kier alpha value is -2.14. The Kier molecular flexibility index (Phi) is 4.12. The van der Waals surface area contributed by atoms with Crippen molar-refractivity contribution in [2.45, 2.75) is 26.3 Å². The minimum atomic E-state index is 0.0118. The highest BCUT2D eigenvalue weighted by atomic mass is 32.1. The fourth-order valence-electron chi connectivity index (χ4n) is 3.93. The number of amides is 2. The number of hydrogen-bond acceptors (Lipinski definition) is 3. The Labute approximate surface area is 151 Å². The predicted molar refractivity (Wildman–Crippen MR) is 98.4 cm³/mol. The number of nitrogens with one attached hydrogen (secondary N) is 1. The van der Waals surface area contributed by atoms with Gasteiger partial charge in [-0.15, -0.1) is 11.3 Å². The van der Waals surface area contributed by atoms with E-state index in [9.17, 15) is 9.59 Å². The van der Waals surface area contributed by atoms with Crippen molar-refractivity contribution in [3.8, 4) is 0 Å². The molecule has 2 aromatic rings. The van der Waals surface area contributed by atoms with Crippen LogP contribution in [0, 0.1) is 18.3 Å². The molecule has 2 aliphatic rings. The van der Waals surface area contributed by atoms with E-state index in [-0.39, 0.29) is 23.1 Å². The first kappa shape index (κ1) is 16.3. The number of carbonyl (C=O) groups is 2. The molecule has 0 unspecified atom stereocenters. The largest absolute Gasteiger partial charge is 0.351 e. The van der Waals surface area contributed by atoms with Crippen LogP contribution in [0.4, 0.5) is 0 Å². The monoisotopic (exact) mass is 354 g/mol. The van der Waals surface area contributed by atoms with Gasteiger partial charge in [-0.25, -0.2) is 0 Å². The van der Waals surface area contributed by atoms with E-state index in [0.29, 0.717) is 13.1 Å². The highest BCUT2D eigenvalue weighted by Crippen LogP contribution is 2.58. The summed E-state index contributed by atoms with van der Waals surface area (Å²) in [6, 6.07) is 11.7. The zero-order chi connectivity index (χ0) is 17.4. The van der Waals surface area contributed by atoms with Crippen molar-refractivity contribution in [3.05, 3.63) is 57.8 Å². The van der Waals surface area contributed by atoms with E-state index in [1.54, 1.807) is 11.3 Å². The van der Waals surface area contributed by atoms with Crippen molar-refractivity contribution < 1.29 is 9.59 Å².